The van der Waals surface area contributed by atoms with Crippen LogP contribution in [0.1, 0.15) is 36.3 Å². The predicted octanol–water partition coefficient (Wildman–Crippen LogP) is 5.86. The van der Waals surface area contributed by atoms with Gasteiger partial charge in [-0.2, -0.15) is 0 Å². The van der Waals surface area contributed by atoms with E-state index in [1.165, 1.54) is 28.2 Å². The lowest BCUT2D eigenvalue weighted by atomic mass is 9.89. The molecule has 2 atom stereocenters. The standard InChI is InChI=1S/C24H21N2PS/c28-27(18-10-2-1-3-11-18)23(21-14-6-8-16-25-21)19-12-4-5-13-20(19)24(27)22-15-7-9-17-26-22/h1-3,6-12,14-17,23H,4-5,13H2. The van der Waals surface area contributed by atoms with Crippen molar-refractivity contribution in [2.45, 2.75) is 24.9 Å². The van der Waals surface area contributed by atoms with E-state index in [1.54, 1.807) is 0 Å². The minimum Gasteiger partial charge on any atom is -0.260 e. The van der Waals surface area contributed by atoms with Gasteiger partial charge in [-0.3, -0.25) is 9.97 Å². The maximum atomic E-state index is 6.69. The van der Waals surface area contributed by atoms with Crippen molar-refractivity contribution in [3.05, 3.63) is 108 Å². The van der Waals surface area contributed by atoms with Crippen LogP contribution in [-0.2, 0) is 11.8 Å². The number of hydrogen-bond acceptors (Lipinski definition) is 3. The minimum atomic E-state index is -2.17. The molecule has 1 aromatic carbocycles. The number of hydrogen-bond donors (Lipinski definition) is 0. The van der Waals surface area contributed by atoms with Gasteiger partial charge in [-0.05, 0) is 60.0 Å². The third kappa shape index (κ3) is 2.73. The van der Waals surface area contributed by atoms with Crippen LogP contribution >= 0.6 is 6.04 Å². The monoisotopic (exact) mass is 400 g/mol. The molecule has 0 spiro atoms. The molecule has 0 bridgehead atoms. The third-order valence-electron chi connectivity index (χ3n) is 5.64. The van der Waals surface area contributed by atoms with Crippen LogP contribution in [0.2, 0.25) is 0 Å². The number of pyridine rings is 2. The second-order valence-electron chi connectivity index (χ2n) is 7.24. The summed E-state index contributed by atoms with van der Waals surface area (Å²) in [6, 6.07) is 20.9. The van der Waals surface area contributed by atoms with Crippen LogP contribution in [0.15, 0.2) is 96.3 Å². The van der Waals surface area contributed by atoms with E-state index in [9.17, 15) is 0 Å². The van der Waals surface area contributed by atoms with Crippen LogP contribution in [0.4, 0.5) is 0 Å². The molecule has 3 aromatic rings. The predicted molar refractivity (Wildman–Crippen MR) is 120 cm³/mol. The van der Waals surface area contributed by atoms with Gasteiger partial charge in [-0.15, -0.1) is 0 Å². The first kappa shape index (κ1) is 17.7. The van der Waals surface area contributed by atoms with Crippen LogP contribution in [0.5, 0.6) is 0 Å². The summed E-state index contributed by atoms with van der Waals surface area (Å²) in [4.78, 5) is 9.53. The first-order chi connectivity index (χ1) is 13.8. The molecule has 138 valence electrons. The van der Waals surface area contributed by atoms with E-state index in [-0.39, 0.29) is 5.66 Å². The number of aromatic nitrogens is 2. The van der Waals surface area contributed by atoms with Crippen molar-refractivity contribution < 1.29 is 0 Å². The highest BCUT2D eigenvalue weighted by Crippen LogP contribution is 2.77. The molecule has 0 radical (unpaired) electrons. The second kappa shape index (κ2) is 7.24. The van der Waals surface area contributed by atoms with Gasteiger partial charge in [0.1, 0.15) is 0 Å². The van der Waals surface area contributed by atoms with Crippen molar-refractivity contribution in [1.29, 1.82) is 0 Å². The number of benzene rings is 1. The highest BCUT2D eigenvalue weighted by molar-refractivity contribution is 8.23. The summed E-state index contributed by atoms with van der Waals surface area (Å²) >= 11 is 6.69. The first-order valence-electron chi connectivity index (χ1n) is 9.72. The molecule has 2 unspecified atom stereocenters. The fraction of sp³-hybridized carbons (Fsp3) is 0.167. The summed E-state index contributed by atoms with van der Waals surface area (Å²) in [5, 5.41) is 2.56. The molecule has 0 saturated heterocycles. The molecule has 4 heteroatoms. The Morgan fingerprint density at radius 2 is 1.61 bits per heavy atom. The minimum absolute atomic E-state index is 0.137. The maximum absolute atomic E-state index is 6.69. The zero-order valence-corrected chi connectivity index (χ0v) is 17.2. The first-order valence-corrected chi connectivity index (χ1v) is 12.6. The van der Waals surface area contributed by atoms with Gasteiger partial charge >= 0.3 is 0 Å². The lowest BCUT2D eigenvalue weighted by Crippen LogP contribution is -2.12. The molecule has 0 N–H and O–H groups in total. The number of allylic oxidation sites excluding steroid dienone is 3. The van der Waals surface area contributed by atoms with Gasteiger partial charge in [0.2, 0.25) is 0 Å². The topological polar surface area (TPSA) is 25.8 Å². The summed E-state index contributed by atoms with van der Waals surface area (Å²) in [6.07, 6.45) is 9.55. The van der Waals surface area contributed by atoms with Crippen LogP contribution in [0.25, 0.3) is 5.31 Å². The quantitative estimate of drug-likeness (QED) is 0.515. The van der Waals surface area contributed by atoms with E-state index in [4.69, 9.17) is 21.8 Å². The van der Waals surface area contributed by atoms with Gasteiger partial charge in [-0.1, -0.05) is 60.3 Å². The molecular weight excluding hydrogens is 379 g/mol. The Morgan fingerprint density at radius 3 is 2.32 bits per heavy atom. The lowest BCUT2D eigenvalue weighted by molar-refractivity contribution is 0.790. The van der Waals surface area contributed by atoms with Crippen LogP contribution in [0, 0.1) is 0 Å². The van der Waals surface area contributed by atoms with Crippen molar-refractivity contribution in [3.8, 4) is 0 Å². The Morgan fingerprint density at radius 1 is 0.857 bits per heavy atom. The van der Waals surface area contributed by atoms with Gasteiger partial charge in [0, 0.05) is 23.7 Å². The van der Waals surface area contributed by atoms with Gasteiger partial charge in [-0.25, -0.2) is 0 Å². The molecule has 0 saturated carbocycles. The van der Waals surface area contributed by atoms with Crippen molar-refractivity contribution in [3.63, 3.8) is 0 Å². The summed E-state index contributed by atoms with van der Waals surface area (Å²) in [5.41, 5.74) is 5.09. The summed E-state index contributed by atoms with van der Waals surface area (Å²) in [6.45, 7) is 0. The summed E-state index contributed by atoms with van der Waals surface area (Å²) in [7, 11) is 0. The van der Waals surface area contributed by atoms with Crippen molar-refractivity contribution in [2.75, 3.05) is 0 Å². The Bertz CT molecular complexity index is 1110. The molecule has 28 heavy (non-hydrogen) atoms. The van der Waals surface area contributed by atoms with Crippen molar-refractivity contribution >= 4 is 28.5 Å². The Kier molecular flexibility index (Phi) is 4.58. The average molecular weight is 400 g/mol. The number of nitrogens with zero attached hydrogens (tertiary/aromatic N) is 2. The third-order valence-corrected chi connectivity index (χ3v) is 10.9. The van der Waals surface area contributed by atoms with Gasteiger partial charge in [0.05, 0.1) is 17.0 Å². The maximum Gasteiger partial charge on any atom is 0.0720 e. The molecule has 0 amide bonds. The normalized spacial score (nSPS) is 24.0. The van der Waals surface area contributed by atoms with E-state index in [1.807, 2.05) is 24.5 Å². The van der Waals surface area contributed by atoms with Crippen molar-refractivity contribution in [1.82, 2.24) is 9.97 Å². The van der Waals surface area contributed by atoms with Crippen LogP contribution in [-0.4, -0.2) is 9.97 Å². The number of fused-ring (bicyclic) bond motifs is 1. The van der Waals surface area contributed by atoms with E-state index in [0.29, 0.717) is 0 Å². The Balaban J connectivity index is 1.84. The van der Waals surface area contributed by atoms with Gasteiger partial charge in [0.15, 0.2) is 0 Å². The van der Waals surface area contributed by atoms with E-state index < -0.39 is 6.04 Å². The molecule has 1 aliphatic heterocycles. The van der Waals surface area contributed by atoms with E-state index >= 15 is 0 Å². The smallest absolute Gasteiger partial charge is 0.0720 e. The molecule has 5 rings (SSSR count). The van der Waals surface area contributed by atoms with Crippen LogP contribution in [0.3, 0.4) is 0 Å². The van der Waals surface area contributed by atoms with Gasteiger partial charge in [0.25, 0.3) is 0 Å². The fourth-order valence-corrected chi connectivity index (χ4v) is 9.86. The Labute approximate surface area is 171 Å². The van der Waals surface area contributed by atoms with Crippen LogP contribution < -0.4 is 5.30 Å². The van der Waals surface area contributed by atoms with Crippen molar-refractivity contribution in [2.24, 2.45) is 0 Å². The zero-order chi connectivity index (χ0) is 19.0. The summed E-state index contributed by atoms with van der Waals surface area (Å²) in [5.74, 6) is 0. The molecule has 0 fully saturated rings. The zero-order valence-electron chi connectivity index (χ0n) is 15.5. The molecule has 1 aliphatic carbocycles. The summed E-state index contributed by atoms with van der Waals surface area (Å²) < 4.78 is 0. The SMILES string of the molecule is S=P1(c2ccccc2)C(c2ccccn2)=C2CCCC=C2C1c1ccccn1. The molecular formula is C24H21N2PS. The highest BCUT2D eigenvalue weighted by Gasteiger charge is 2.47. The van der Waals surface area contributed by atoms with E-state index in [0.717, 1.165) is 24.2 Å². The largest absolute Gasteiger partial charge is 0.260 e. The lowest BCUT2D eigenvalue weighted by Gasteiger charge is -2.28. The molecule has 2 aliphatic rings. The van der Waals surface area contributed by atoms with E-state index in [2.05, 4.69) is 60.7 Å². The van der Waals surface area contributed by atoms with Gasteiger partial charge < -0.3 is 0 Å². The Hall–Kier alpha value is -2.35. The highest BCUT2D eigenvalue weighted by atomic mass is 32.4. The molecule has 2 nitrogen and oxygen atoms in total. The fourth-order valence-electron chi connectivity index (χ4n) is 4.50. The second-order valence-corrected chi connectivity index (χ2v) is 11.8. The average Bonchev–Trinajstić information content (AvgIpc) is 3.05. The number of rotatable bonds is 3. The molecule has 3 heterocycles. The molecule has 2 aromatic heterocycles.